The Bertz CT molecular complexity index is 1230. The van der Waals surface area contributed by atoms with Gasteiger partial charge in [0.2, 0.25) is 0 Å². The molecule has 6 heteroatoms. The van der Waals surface area contributed by atoms with E-state index in [4.69, 9.17) is 4.98 Å². The summed E-state index contributed by atoms with van der Waals surface area (Å²) in [6.45, 7) is 5.17. The zero-order valence-corrected chi connectivity index (χ0v) is 17.7. The summed E-state index contributed by atoms with van der Waals surface area (Å²) in [6.07, 6.45) is 6.24. The maximum absolute atomic E-state index is 12.8. The number of aryl methyl sites for hydroxylation is 1. The summed E-state index contributed by atoms with van der Waals surface area (Å²) in [5, 5.41) is 5.62. The highest BCUT2D eigenvalue weighted by molar-refractivity contribution is 7.18. The molecule has 0 radical (unpaired) electrons. The number of benzene rings is 1. The minimum atomic E-state index is -0.00430. The third kappa shape index (κ3) is 3.40. The highest BCUT2D eigenvalue weighted by Crippen LogP contribution is 2.35. The minimum absolute atomic E-state index is 0.00430. The summed E-state index contributed by atoms with van der Waals surface area (Å²) in [6, 6.07) is 8.36. The van der Waals surface area contributed by atoms with E-state index in [1.165, 1.54) is 26.9 Å². The van der Waals surface area contributed by atoms with Crippen LogP contribution >= 0.6 is 11.3 Å². The number of aromatic nitrogens is 3. The molecule has 0 aliphatic heterocycles. The van der Waals surface area contributed by atoms with Gasteiger partial charge in [-0.3, -0.25) is 4.79 Å². The van der Waals surface area contributed by atoms with Crippen LogP contribution in [0, 0.1) is 5.92 Å². The Hall–Kier alpha value is -2.44. The molecule has 2 atom stereocenters. The van der Waals surface area contributed by atoms with E-state index in [0.717, 1.165) is 48.3 Å². The van der Waals surface area contributed by atoms with Gasteiger partial charge in [0, 0.05) is 22.0 Å². The van der Waals surface area contributed by atoms with Gasteiger partial charge >= 0.3 is 0 Å². The maximum atomic E-state index is 12.8. The van der Waals surface area contributed by atoms with Crippen LogP contribution in [0.15, 0.2) is 35.3 Å². The largest absolute Gasteiger partial charge is 0.361 e. The molecular formula is C23H26N4OS. The Balaban J connectivity index is 1.33. The van der Waals surface area contributed by atoms with Gasteiger partial charge in [-0.05, 0) is 62.3 Å². The fourth-order valence-corrected chi connectivity index (χ4v) is 5.82. The van der Waals surface area contributed by atoms with Crippen molar-refractivity contribution in [2.75, 3.05) is 6.54 Å². The summed E-state index contributed by atoms with van der Waals surface area (Å²) in [7, 11) is 0. The van der Waals surface area contributed by atoms with Gasteiger partial charge in [-0.1, -0.05) is 25.1 Å². The molecule has 0 spiro atoms. The van der Waals surface area contributed by atoms with Gasteiger partial charge in [0.15, 0.2) is 0 Å². The number of para-hydroxylation sites is 1. The van der Waals surface area contributed by atoms with Crippen molar-refractivity contribution in [1.82, 2.24) is 20.3 Å². The molecule has 1 aliphatic rings. The first-order valence-electron chi connectivity index (χ1n) is 10.4. The van der Waals surface area contributed by atoms with Gasteiger partial charge in [0.1, 0.15) is 10.7 Å². The van der Waals surface area contributed by atoms with Crippen LogP contribution in [0.2, 0.25) is 0 Å². The molecule has 29 heavy (non-hydrogen) atoms. The molecule has 4 aromatic rings. The summed E-state index contributed by atoms with van der Waals surface area (Å²) in [5.41, 5.74) is 3.73. The number of nitrogens with one attached hydrogen (secondary N) is 3. The predicted molar refractivity (Wildman–Crippen MR) is 120 cm³/mol. The summed E-state index contributed by atoms with van der Waals surface area (Å²) in [5.74, 6) is 1.42. The SMILES string of the molecule is C[C@@H]1CCc2c(sc3nc([C@H](C)NCCc4c[nH]c5ccccc45)[nH]c(=O)c23)C1. The number of hydrogen-bond donors (Lipinski definition) is 3. The van der Waals surface area contributed by atoms with Crippen molar-refractivity contribution in [3.63, 3.8) is 0 Å². The molecule has 5 nitrogen and oxygen atoms in total. The molecule has 3 N–H and O–H groups in total. The van der Waals surface area contributed by atoms with Crippen molar-refractivity contribution in [2.45, 2.75) is 45.6 Å². The van der Waals surface area contributed by atoms with Gasteiger partial charge in [-0.2, -0.15) is 0 Å². The lowest BCUT2D eigenvalue weighted by molar-refractivity contribution is 0.509. The maximum Gasteiger partial charge on any atom is 0.259 e. The smallest absolute Gasteiger partial charge is 0.259 e. The molecule has 0 saturated heterocycles. The fourth-order valence-electron chi connectivity index (χ4n) is 4.43. The molecule has 0 saturated carbocycles. The van der Waals surface area contributed by atoms with Crippen LogP contribution in [-0.2, 0) is 19.3 Å². The number of nitrogens with zero attached hydrogens (tertiary/aromatic N) is 1. The van der Waals surface area contributed by atoms with Crippen molar-refractivity contribution in [3.8, 4) is 0 Å². The molecule has 5 rings (SSSR count). The van der Waals surface area contributed by atoms with E-state index in [0.29, 0.717) is 5.92 Å². The van der Waals surface area contributed by atoms with Crippen molar-refractivity contribution in [3.05, 3.63) is 62.6 Å². The van der Waals surface area contributed by atoms with Crippen molar-refractivity contribution in [2.24, 2.45) is 5.92 Å². The third-order valence-electron chi connectivity index (χ3n) is 6.11. The van der Waals surface area contributed by atoms with Crippen LogP contribution < -0.4 is 10.9 Å². The first kappa shape index (κ1) is 18.6. The van der Waals surface area contributed by atoms with Crippen LogP contribution in [0.1, 0.15) is 48.1 Å². The van der Waals surface area contributed by atoms with E-state index in [9.17, 15) is 4.79 Å². The zero-order chi connectivity index (χ0) is 20.0. The van der Waals surface area contributed by atoms with E-state index in [-0.39, 0.29) is 11.6 Å². The Kier molecular flexibility index (Phi) is 4.76. The van der Waals surface area contributed by atoms with Crippen LogP contribution in [0.3, 0.4) is 0 Å². The molecule has 0 unspecified atom stereocenters. The Morgan fingerprint density at radius 1 is 1.34 bits per heavy atom. The lowest BCUT2D eigenvalue weighted by atomic mass is 9.89. The Morgan fingerprint density at radius 3 is 3.10 bits per heavy atom. The molecule has 3 heterocycles. The molecular weight excluding hydrogens is 380 g/mol. The molecule has 0 fully saturated rings. The normalized spacial score (nSPS) is 17.7. The van der Waals surface area contributed by atoms with Crippen LogP contribution in [0.5, 0.6) is 0 Å². The number of aromatic amines is 2. The number of thiophene rings is 1. The molecule has 150 valence electrons. The van der Waals surface area contributed by atoms with Gasteiger partial charge in [-0.25, -0.2) is 4.98 Å². The van der Waals surface area contributed by atoms with Crippen LogP contribution in [0.4, 0.5) is 0 Å². The van der Waals surface area contributed by atoms with Crippen molar-refractivity contribution in [1.29, 1.82) is 0 Å². The van der Waals surface area contributed by atoms with E-state index >= 15 is 0 Å². The van der Waals surface area contributed by atoms with Gasteiger partial charge < -0.3 is 15.3 Å². The highest BCUT2D eigenvalue weighted by Gasteiger charge is 2.23. The van der Waals surface area contributed by atoms with Crippen molar-refractivity contribution >= 4 is 32.5 Å². The topological polar surface area (TPSA) is 73.6 Å². The summed E-state index contributed by atoms with van der Waals surface area (Å²) >= 11 is 1.71. The summed E-state index contributed by atoms with van der Waals surface area (Å²) in [4.78, 5) is 26.3. The van der Waals surface area contributed by atoms with Gasteiger partial charge in [0.25, 0.3) is 5.56 Å². The number of fused-ring (bicyclic) bond motifs is 4. The first-order valence-corrected chi connectivity index (χ1v) is 11.2. The van der Waals surface area contributed by atoms with Gasteiger partial charge in [-0.15, -0.1) is 11.3 Å². The van der Waals surface area contributed by atoms with E-state index in [2.05, 4.69) is 53.5 Å². The van der Waals surface area contributed by atoms with Crippen LogP contribution in [-0.4, -0.2) is 21.5 Å². The Morgan fingerprint density at radius 2 is 2.21 bits per heavy atom. The van der Waals surface area contributed by atoms with E-state index in [1.54, 1.807) is 11.3 Å². The molecule has 1 aromatic carbocycles. The quantitative estimate of drug-likeness (QED) is 0.457. The van der Waals surface area contributed by atoms with E-state index in [1.807, 2.05) is 6.07 Å². The van der Waals surface area contributed by atoms with Crippen LogP contribution in [0.25, 0.3) is 21.1 Å². The first-order chi connectivity index (χ1) is 14.1. The second kappa shape index (κ2) is 7.43. The fraction of sp³-hybridized carbons (Fsp3) is 0.391. The lowest BCUT2D eigenvalue weighted by Gasteiger charge is -2.17. The Labute approximate surface area is 173 Å². The monoisotopic (exact) mass is 406 g/mol. The highest BCUT2D eigenvalue weighted by atomic mass is 32.1. The lowest BCUT2D eigenvalue weighted by Crippen LogP contribution is -2.25. The number of hydrogen-bond acceptors (Lipinski definition) is 4. The molecule has 3 aromatic heterocycles. The second-order valence-corrected chi connectivity index (χ2v) is 9.35. The molecule has 1 aliphatic carbocycles. The minimum Gasteiger partial charge on any atom is -0.361 e. The summed E-state index contributed by atoms with van der Waals surface area (Å²) < 4.78 is 0. The molecule has 0 bridgehead atoms. The number of rotatable bonds is 5. The third-order valence-corrected chi connectivity index (χ3v) is 7.26. The second-order valence-electron chi connectivity index (χ2n) is 8.27. The number of H-pyrrole nitrogens is 2. The van der Waals surface area contributed by atoms with Crippen molar-refractivity contribution < 1.29 is 0 Å². The van der Waals surface area contributed by atoms with Gasteiger partial charge in [0.05, 0.1) is 11.4 Å². The predicted octanol–water partition coefficient (Wildman–Crippen LogP) is 4.48. The molecule has 0 amide bonds. The average molecular weight is 407 g/mol. The zero-order valence-electron chi connectivity index (χ0n) is 16.8. The standard InChI is InChI=1S/C23H26N4OS/c1-13-7-8-17-19(11-13)29-23-20(17)22(28)26-21(27-23)14(2)24-10-9-15-12-25-18-6-4-3-5-16(15)18/h3-6,12-14,24-25H,7-11H2,1-2H3,(H,26,27,28)/t13-,14+/m1/s1. The van der Waals surface area contributed by atoms with E-state index < -0.39 is 0 Å². The average Bonchev–Trinajstić information content (AvgIpc) is 3.28.